The van der Waals surface area contributed by atoms with Crippen LogP contribution in [0.3, 0.4) is 0 Å². The maximum Gasteiger partial charge on any atom is 0.139 e. The van der Waals surface area contributed by atoms with E-state index in [2.05, 4.69) is 63.8 Å². The quantitative estimate of drug-likeness (QED) is 0.467. The zero-order valence-electron chi connectivity index (χ0n) is 21.0. The standard InChI is InChI=1S/C30H36ClNO2/c1-18-6-12-21(13-7-18)32-22-14-29(2,3)16-24(33)27(22)26(19-8-10-20(31)11-9-19)28-23(32)15-30(4,5)17-25(28)34/h6-13,22-23,26-28H,14-17H2,1-5H3. The second-order valence-corrected chi connectivity index (χ2v) is 13.0. The number of nitrogens with zero attached hydrogens (tertiary/aromatic N) is 1. The van der Waals surface area contributed by atoms with Crippen LogP contribution < -0.4 is 4.90 Å². The number of hydrogen-bond acceptors (Lipinski definition) is 3. The van der Waals surface area contributed by atoms with E-state index in [4.69, 9.17) is 11.6 Å². The molecule has 0 radical (unpaired) electrons. The van der Waals surface area contributed by atoms with Crippen LogP contribution in [0.1, 0.15) is 70.4 Å². The number of aryl methyl sites for hydroxylation is 1. The first-order valence-corrected chi connectivity index (χ1v) is 13.0. The number of rotatable bonds is 2. The van der Waals surface area contributed by atoms with Crippen molar-refractivity contribution in [2.24, 2.45) is 22.7 Å². The van der Waals surface area contributed by atoms with Gasteiger partial charge in [0.15, 0.2) is 0 Å². The van der Waals surface area contributed by atoms with Crippen molar-refractivity contribution in [3.8, 4) is 0 Å². The molecule has 1 saturated heterocycles. The molecule has 3 aliphatic rings. The summed E-state index contributed by atoms with van der Waals surface area (Å²) >= 11 is 6.23. The van der Waals surface area contributed by atoms with Gasteiger partial charge in [-0.15, -0.1) is 0 Å². The molecule has 180 valence electrons. The third-order valence-electron chi connectivity index (χ3n) is 8.48. The lowest BCUT2D eigenvalue weighted by molar-refractivity contribution is -0.138. The van der Waals surface area contributed by atoms with Gasteiger partial charge in [0.2, 0.25) is 0 Å². The molecule has 0 aromatic heterocycles. The number of anilines is 1. The molecule has 2 saturated carbocycles. The van der Waals surface area contributed by atoms with Crippen molar-refractivity contribution in [2.45, 2.75) is 78.3 Å². The van der Waals surface area contributed by atoms with Gasteiger partial charge in [-0.1, -0.05) is 69.1 Å². The van der Waals surface area contributed by atoms with E-state index in [0.717, 1.165) is 24.1 Å². The monoisotopic (exact) mass is 477 g/mol. The third kappa shape index (κ3) is 4.11. The number of halogens is 1. The summed E-state index contributed by atoms with van der Waals surface area (Å²) in [5.41, 5.74) is 3.31. The van der Waals surface area contributed by atoms with Crippen molar-refractivity contribution < 1.29 is 9.59 Å². The maximum atomic E-state index is 13.9. The molecule has 4 atom stereocenters. The average molecular weight is 478 g/mol. The predicted molar refractivity (Wildman–Crippen MR) is 138 cm³/mol. The van der Waals surface area contributed by atoms with Gasteiger partial charge in [0.1, 0.15) is 11.6 Å². The van der Waals surface area contributed by atoms with Crippen molar-refractivity contribution in [3.63, 3.8) is 0 Å². The average Bonchev–Trinajstić information content (AvgIpc) is 2.72. The number of carbonyl (C=O) groups excluding carboxylic acids is 2. The van der Waals surface area contributed by atoms with Gasteiger partial charge in [0.05, 0.1) is 0 Å². The normalized spacial score (nSPS) is 32.2. The number of hydrogen-bond donors (Lipinski definition) is 0. The molecule has 4 unspecified atom stereocenters. The Morgan fingerprint density at radius 1 is 0.735 bits per heavy atom. The van der Waals surface area contributed by atoms with E-state index >= 15 is 0 Å². The Balaban J connectivity index is 1.71. The lowest BCUT2D eigenvalue weighted by Gasteiger charge is -2.60. The van der Waals surface area contributed by atoms with E-state index in [0.29, 0.717) is 29.4 Å². The Morgan fingerprint density at radius 3 is 1.68 bits per heavy atom. The fraction of sp³-hybridized carbons (Fsp3) is 0.533. The molecule has 3 fully saturated rings. The Kier molecular flexibility index (Phi) is 5.71. The van der Waals surface area contributed by atoms with Crippen LogP contribution in [0, 0.1) is 29.6 Å². The first-order chi connectivity index (χ1) is 16.0. The number of ketones is 2. The molecular weight excluding hydrogens is 442 g/mol. The van der Waals surface area contributed by atoms with Gasteiger partial charge in [-0.2, -0.15) is 0 Å². The van der Waals surface area contributed by atoms with E-state index in [-0.39, 0.29) is 40.7 Å². The van der Waals surface area contributed by atoms with E-state index in [1.807, 2.05) is 24.3 Å². The summed E-state index contributed by atoms with van der Waals surface area (Å²) < 4.78 is 0. The molecule has 0 spiro atoms. The molecule has 0 N–H and O–H groups in total. The summed E-state index contributed by atoms with van der Waals surface area (Å²) in [6, 6.07) is 16.7. The van der Waals surface area contributed by atoms with Crippen LogP contribution >= 0.6 is 11.6 Å². The van der Waals surface area contributed by atoms with E-state index in [1.165, 1.54) is 5.56 Å². The summed E-state index contributed by atoms with van der Waals surface area (Å²) in [5.74, 6) is 0.119. The second-order valence-electron chi connectivity index (χ2n) is 12.5. The number of piperidine rings is 1. The highest BCUT2D eigenvalue weighted by molar-refractivity contribution is 6.30. The molecule has 1 aliphatic heterocycles. The third-order valence-corrected chi connectivity index (χ3v) is 8.73. The smallest absolute Gasteiger partial charge is 0.139 e. The van der Waals surface area contributed by atoms with Gasteiger partial charge in [-0.25, -0.2) is 0 Å². The predicted octanol–water partition coefficient (Wildman–Crippen LogP) is 7.00. The van der Waals surface area contributed by atoms with Crippen LogP contribution in [0.15, 0.2) is 48.5 Å². The molecule has 1 heterocycles. The van der Waals surface area contributed by atoms with Crippen LogP contribution in [0.5, 0.6) is 0 Å². The lowest BCUT2D eigenvalue weighted by Crippen LogP contribution is -2.66. The van der Waals surface area contributed by atoms with E-state index < -0.39 is 0 Å². The van der Waals surface area contributed by atoms with Gasteiger partial charge in [0, 0.05) is 53.4 Å². The Hall–Kier alpha value is -2.13. The SMILES string of the molecule is Cc1ccc(N2C3CC(C)(C)CC(=O)C3C(c3ccc(Cl)cc3)C3C(=O)CC(C)(C)CC32)cc1. The minimum Gasteiger partial charge on any atom is -0.364 e. The van der Waals surface area contributed by atoms with E-state index in [1.54, 1.807) is 0 Å². The zero-order valence-corrected chi connectivity index (χ0v) is 21.7. The number of benzene rings is 2. The Labute approximate surface area is 208 Å². The van der Waals surface area contributed by atoms with Crippen LogP contribution in [0.4, 0.5) is 5.69 Å². The molecule has 5 rings (SSSR count). The zero-order chi connectivity index (χ0) is 24.4. The van der Waals surface area contributed by atoms with Crippen LogP contribution in [0.2, 0.25) is 5.02 Å². The second kappa shape index (κ2) is 8.22. The molecule has 0 bridgehead atoms. The topological polar surface area (TPSA) is 37.4 Å². The summed E-state index contributed by atoms with van der Waals surface area (Å²) in [5, 5.41) is 0.682. The van der Waals surface area contributed by atoms with Crippen molar-refractivity contribution in [1.82, 2.24) is 0 Å². The summed E-state index contributed by atoms with van der Waals surface area (Å²) in [7, 11) is 0. The van der Waals surface area contributed by atoms with Crippen LogP contribution in [-0.4, -0.2) is 23.7 Å². The minimum atomic E-state index is -0.193. The van der Waals surface area contributed by atoms with Crippen molar-refractivity contribution in [2.75, 3.05) is 4.90 Å². The molecule has 2 aromatic carbocycles. The van der Waals surface area contributed by atoms with Gasteiger partial charge in [-0.05, 0) is 60.4 Å². The molecule has 4 heteroatoms. The van der Waals surface area contributed by atoms with Crippen molar-refractivity contribution >= 4 is 28.9 Å². The van der Waals surface area contributed by atoms with E-state index in [9.17, 15) is 9.59 Å². The largest absolute Gasteiger partial charge is 0.364 e. The Bertz CT molecular complexity index is 1060. The summed E-state index contributed by atoms with van der Waals surface area (Å²) in [4.78, 5) is 30.2. The highest BCUT2D eigenvalue weighted by Gasteiger charge is 2.59. The summed E-state index contributed by atoms with van der Waals surface area (Å²) in [6.07, 6.45) is 3.02. The molecule has 2 aromatic rings. The lowest BCUT2D eigenvalue weighted by atomic mass is 9.53. The number of fused-ring (bicyclic) bond motifs is 2. The van der Waals surface area contributed by atoms with Crippen molar-refractivity contribution in [1.29, 1.82) is 0 Å². The molecule has 34 heavy (non-hydrogen) atoms. The van der Waals surface area contributed by atoms with Crippen LogP contribution in [0.25, 0.3) is 0 Å². The molecular formula is C30H36ClNO2. The molecule has 0 amide bonds. The Morgan fingerprint density at radius 2 is 1.21 bits per heavy atom. The first-order valence-electron chi connectivity index (χ1n) is 12.6. The van der Waals surface area contributed by atoms with Gasteiger partial charge in [0.25, 0.3) is 0 Å². The summed E-state index contributed by atoms with van der Waals surface area (Å²) in [6.45, 7) is 11.0. The fourth-order valence-corrected chi connectivity index (χ4v) is 7.36. The maximum absolute atomic E-state index is 13.9. The van der Waals surface area contributed by atoms with Gasteiger partial charge >= 0.3 is 0 Å². The van der Waals surface area contributed by atoms with Crippen molar-refractivity contribution in [3.05, 3.63) is 64.7 Å². The minimum absolute atomic E-state index is 0.0627. The number of carbonyl (C=O) groups is 2. The first kappa shape index (κ1) is 23.6. The van der Waals surface area contributed by atoms with Gasteiger partial charge < -0.3 is 4.90 Å². The van der Waals surface area contributed by atoms with Gasteiger partial charge in [-0.3, -0.25) is 9.59 Å². The fourth-order valence-electron chi connectivity index (χ4n) is 7.23. The molecule has 2 aliphatic carbocycles. The van der Waals surface area contributed by atoms with Crippen LogP contribution in [-0.2, 0) is 9.59 Å². The molecule has 3 nitrogen and oxygen atoms in total. The number of Topliss-reactive ketones (excluding diaryl/α,β-unsaturated/α-hetero) is 2. The highest BCUT2D eigenvalue weighted by Crippen LogP contribution is 2.56. The highest BCUT2D eigenvalue weighted by atomic mass is 35.5.